The number of rotatable bonds is 2. The van der Waals surface area contributed by atoms with Gasteiger partial charge in [0.25, 0.3) is 0 Å². The molecule has 2 atom stereocenters. The van der Waals surface area contributed by atoms with Gasteiger partial charge in [0.1, 0.15) is 17.7 Å². The highest BCUT2D eigenvalue weighted by Gasteiger charge is 2.34. The van der Waals surface area contributed by atoms with E-state index < -0.39 is 11.2 Å². The van der Waals surface area contributed by atoms with Crippen molar-refractivity contribution in [1.29, 1.82) is 0 Å². The first-order valence-electron chi connectivity index (χ1n) is 6.66. The second kappa shape index (κ2) is 5.14. The molecule has 1 saturated heterocycles. The van der Waals surface area contributed by atoms with Crippen LogP contribution in [0.25, 0.3) is 11.0 Å². The van der Waals surface area contributed by atoms with E-state index in [1.165, 1.54) is 12.1 Å². The largest absolute Gasteiger partial charge is 0.344 e. The molecule has 2 heterocycles. The number of benzene rings is 1. The first-order chi connectivity index (χ1) is 9.90. The van der Waals surface area contributed by atoms with Crippen molar-refractivity contribution in [1.82, 2.24) is 14.5 Å². The molecule has 3 rings (SSSR count). The van der Waals surface area contributed by atoms with Gasteiger partial charge in [0.15, 0.2) is 0 Å². The molecule has 1 amide bonds. The average molecular weight is 330 g/mol. The number of carbonyl (C=O) groups excluding carboxylic acids is 1. The van der Waals surface area contributed by atoms with Crippen molar-refractivity contribution in [3.63, 3.8) is 0 Å². The van der Waals surface area contributed by atoms with Gasteiger partial charge in [-0.05, 0) is 19.4 Å². The standard InChI is InChI=1S/C14H14Cl2FN3O/c1-7(15)13-18-10-6-9(17)8(16)5-12(10)20(13)11-3-4-19(2)14(11)21/h5-7,11H,3-4H2,1-2H3. The second-order valence-corrected chi connectivity index (χ2v) is 6.34. The summed E-state index contributed by atoms with van der Waals surface area (Å²) in [5, 5.41) is -0.380. The first-order valence-corrected chi connectivity index (χ1v) is 7.47. The Hall–Kier alpha value is -1.33. The molecule has 0 aliphatic carbocycles. The number of fused-ring (bicyclic) bond motifs is 1. The third-order valence-corrected chi connectivity index (χ3v) is 4.31. The Bertz CT molecular complexity index is 729. The molecular formula is C14H14Cl2FN3O. The molecule has 112 valence electrons. The summed E-state index contributed by atoms with van der Waals surface area (Å²) < 4.78 is 15.4. The molecule has 0 spiro atoms. The summed E-state index contributed by atoms with van der Waals surface area (Å²) in [4.78, 5) is 18.4. The zero-order valence-electron chi connectivity index (χ0n) is 11.6. The minimum atomic E-state index is -0.530. The quantitative estimate of drug-likeness (QED) is 0.790. The Balaban J connectivity index is 2.26. The number of halogens is 3. The van der Waals surface area contributed by atoms with Crippen LogP contribution >= 0.6 is 23.2 Å². The molecule has 0 radical (unpaired) electrons. The lowest BCUT2D eigenvalue weighted by atomic mass is 10.2. The molecule has 7 heteroatoms. The zero-order valence-corrected chi connectivity index (χ0v) is 13.1. The maximum absolute atomic E-state index is 13.6. The Morgan fingerprint density at radius 1 is 1.48 bits per heavy atom. The van der Waals surface area contributed by atoms with E-state index in [1.807, 2.05) is 0 Å². The number of carbonyl (C=O) groups is 1. The van der Waals surface area contributed by atoms with Crippen LogP contribution in [0.5, 0.6) is 0 Å². The summed E-state index contributed by atoms with van der Waals surface area (Å²) in [6, 6.07) is 2.42. The number of hydrogen-bond acceptors (Lipinski definition) is 2. The number of alkyl halides is 1. The highest BCUT2D eigenvalue weighted by Crippen LogP contribution is 2.34. The van der Waals surface area contributed by atoms with Crippen molar-refractivity contribution in [2.75, 3.05) is 13.6 Å². The monoisotopic (exact) mass is 329 g/mol. The Labute approximate surface area is 131 Å². The van der Waals surface area contributed by atoms with E-state index in [-0.39, 0.29) is 17.0 Å². The summed E-state index contributed by atoms with van der Waals surface area (Å²) in [5.41, 5.74) is 1.10. The Morgan fingerprint density at radius 3 is 2.76 bits per heavy atom. The third kappa shape index (κ3) is 2.28. The van der Waals surface area contributed by atoms with Gasteiger partial charge in [0.05, 0.1) is 21.4 Å². The summed E-state index contributed by atoms with van der Waals surface area (Å²) in [5.74, 6) is 0.0350. The van der Waals surface area contributed by atoms with Gasteiger partial charge < -0.3 is 9.47 Å². The molecule has 2 aromatic rings. The fourth-order valence-electron chi connectivity index (χ4n) is 2.76. The lowest BCUT2D eigenvalue weighted by Crippen LogP contribution is -2.25. The predicted octanol–water partition coefficient (Wildman–Crippen LogP) is 3.53. The molecule has 4 nitrogen and oxygen atoms in total. The lowest BCUT2D eigenvalue weighted by molar-refractivity contribution is -0.129. The SMILES string of the molecule is CC(Cl)c1nc2cc(F)c(Cl)cc2n1C1CCN(C)C1=O. The van der Waals surface area contributed by atoms with Gasteiger partial charge in [-0.15, -0.1) is 11.6 Å². The van der Waals surface area contributed by atoms with Crippen LogP contribution in [0, 0.1) is 5.82 Å². The summed E-state index contributed by atoms with van der Waals surface area (Å²) in [7, 11) is 1.76. The van der Waals surface area contributed by atoms with E-state index in [9.17, 15) is 9.18 Å². The van der Waals surface area contributed by atoms with Crippen LogP contribution in [-0.4, -0.2) is 34.0 Å². The van der Waals surface area contributed by atoms with E-state index in [0.29, 0.717) is 29.8 Å². The van der Waals surface area contributed by atoms with E-state index in [2.05, 4.69) is 4.98 Å². The Morgan fingerprint density at radius 2 is 2.19 bits per heavy atom. The molecule has 0 saturated carbocycles. The van der Waals surface area contributed by atoms with Gasteiger partial charge in [-0.1, -0.05) is 11.6 Å². The Kier molecular flexibility index (Phi) is 3.58. The number of amides is 1. The van der Waals surface area contributed by atoms with Crippen LogP contribution in [0.4, 0.5) is 4.39 Å². The molecule has 1 aromatic carbocycles. The number of hydrogen-bond donors (Lipinski definition) is 0. The fraction of sp³-hybridized carbons (Fsp3) is 0.429. The summed E-state index contributed by atoms with van der Waals surface area (Å²) >= 11 is 12.1. The molecule has 2 unspecified atom stereocenters. The van der Waals surface area contributed by atoms with Gasteiger partial charge in [-0.25, -0.2) is 9.37 Å². The van der Waals surface area contributed by atoms with Crippen LogP contribution in [0.15, 0.2) is 12.1 Å². The number of likely N-dealkylation sites (N-methyl/N-ethyl adjacent to an activating group) is 1. The predicted molar refractivity (Wildman–Crippen MR) is 80.3 cm³/mol. The minimum Gasteiger partial charge on any atom is -0.344 e. The van der Waals surface area contributed by atoms with Crippen molar-refractivity contribution in [2.24, 2.45) is 0 Å². The maximum Gasteiger partial charge on any atom is 0.245 e. The highest BCUT2D eigenvalue weighted by molar-refractivity contribution is 6.31. The second-order valence-electron chi connectivity index (χ2n) is 5.28. The minimum absolute atomic E-state index is 0.00770. The van der Waals surface area contributed by atoms with Gasteiger partial charge >= 0.3 is 0 Å². The number of nitrogens with zero attached hydrogens (tertiary/aromatic N) is 3. The fourth-order valence-corrected chi connectivity index (χ4v) is 3.07. The summed E-state index contributed by atoms with van der Waals surface area (Å²) in [6.45, 7) is 2.45. The summed E-state index contributed by atoms with van der Waals surface area (Å²) in [6.07, 6.45) is 0.673. The van der Waals surface area contributed by atoms with Gasteiger partial charge in [0, 0.05) is 19.7 Å². The van der Waals surface area contributed by atoms with Gasteiger partial charge in [-0.2, -0.15) is 0 Å². The van der Waals surface area contributed by atoms with Crippen molar-refractivity contribution >= 4 is 40.1 Å². The van der Waals surface area contributed by atoms with Crippen molar-refractivity contribution in [3.8, 4) is 0 Å². The van der Waals surface area contributed by atoms with E-state index in [4.69, 9.17) is 23.2 Å². The van der Waals surface area contributed by atoms with Crippen LogP contribution in [-0.2, 0) is 4.79 Å². The smallest absolute Gasteiger partial charge is 0.245 e. The molecule has 1 fully saturated rings. The van der Waals surface area contributed by atoms with Crippen molar-refractivity contribution in [3.05, 3.63) is 28.8 Å². The van der Waals surface area contributed by atoms with Crippen LogP contribution in [0.2, 0.25) is 5.02 Å². The molecule has 1 aliphatic rings. The molecular weight excluding hydrogens is 316 g/mol. The van der Waals surface area contributed by atoms with Gasteiger partial charge in [-0.3, -0.25) is 4.79 Å². The number of likely N-dealkylation sites (tertiary alicyclic amines) is 1. The molecule has 0 N–H and O–H groups in total. The van der Waals surface area contributed by atoms with Crippen molar-refractivity contribution < 1.29 is 9.18 Å². The van der Waals surface area contributed by atoms with Crippen LogP contribution in [0.3, 0.4) is 0 Å². The number of aromatic nitrogens is 2. The van der Waals surface area contributed by atoms with E-state index in [0.717, 1.165) is 0 Å². The lowest BCUT2D eigenvalue weighted by Gasteiger charge is -2.17. The average Bonchev–Trinajstić information content (AvgIpc) is 2.93. The molecule has 1 aromatic heterocycles. The molecule has 21 heavy (non-hydrogen) atoms. The normalized spacial score (nSPS) is 20.5. The van der Waals surface area contributed by atoms with Gasteiger partial charge in [0.2, 0.25) is 5.91 Å². The highest BCUT2D eigenvalue weighted by atomic mass is 35.5. The topological polar surface area (TPSA) is 38.1 Å². The van der Waals surface area contributed by atoms with E-state index >= 15 is 0 Å². The van der Waals surface area contributed by atoms with E-state index in [1.54, 1.807) is 23.4 Å². The van der Waals surface area contributed by atoms with Crippen LogP contribution in [0.1, 0.15) is 30.6 Å². The first kappa shape index (κ1) is 14.6. The third-order valence-electron chi connectivity index (χ3n) is 3.83. The zero-order chi connectivity index (χ0) is 15.3. The van der Waals surface area contributed by atoms with Crippen LogP contribution < -0.4 is 0 Å². The number of imidazole rings is 1. The molecule has 1 aliphatic heterocycles. The van der Waals surface area contributed by atoms with Crippen molar-refractivity contribution in [2.45, 2.75) is 24.8 Å². The molecule has 0 bridgehead atoms. The maximum atomic E-state index is 13.6.